The number of aliphatic carboxylic acids is 1. The van der Waals surface area contributed by atoms with Gasteiger partial charge in [0.25, 0.3) is 5.91 Å². The minimum absolute atomic E-state index is 0.102. The summed E-state index contributed by atoms with van der Waals surface area (Å²) in [5, 5.41) is 11.8. The Kier molecular flexibility index (Phi) is 6.98. The fraction of sp³-hybridized carbons (Fsp3) is 0.429. The number of carboxylic acids is 1. The minimum Gasteiger partial charge on any atom is -0.481 e. The number of carboxylic acid groups (broad SMARTS) is 1. The molecule has 1 rings (SSSR count). The molecule has 0 radical (unpaired) electrons. The molecule has 116 valence electrons. The largest absolute Gasteiger partial charge is 0.481 e. The van der Waals surface area contributed by atoms with Crippen LogP contribution in [0.5, 0.6) is 5.75 Å². The van der Waals surface area contributed by atoms with E-state index < -0.39 is 18.2 Å². The molecule has 2 atom stereocenters. The molecule has 0 aromatic heterocycles. The van der Waals surface area contributed by atoms with Crippen LogP contribution in [-0.4, -0.2) is 42.8 Å². The highest BCUT2D eigenvalue weighted by atomic mass is 35.5. The number of benzene rings is 1. The third-order valence-electron chi connectivity index (χ3n) is 2.72. The van der Waals surface area contributed by atoms with Crippen LogP contribution in [0.2, 0.25) is 5.02 Å². The SMILES string of the molecule is COC(CNC(=O)C(C)Oc1cccc(Cl)c1)CC(=O)O. The molecule has 1 amide bonds. The van der Waals surface area contributed by atoms with Crippen LogP contribution in [0.15, 0.2) is 24.3 Å². The molecule has 0 aliphatic rings. The van der Waals surface area contributed by atoms with Crippen LogP contribution in [-0.2, 0) is 14.3 Å². The number of carbonyl (C=O) groups is 2. The van der Waals surface area contributed by atoms with Crippen molar-refractivity contribution < 1.29 is 24.2 Å². The van der Waals surface area contributed by atoms with Gasteiger partial charge in [0.05, 0.1) is 12.5 Å². The number of ether oxygens (including phenoxy) is 2. The van der Waals surface area contributed by atoms with Gasteiger partial charge >= 0.3 is 5.97 Å². The molecule has 6 nitrogen and oxygen atoms in total. The Hall–Kier alpha value is -1.79. The van der Waals surface area contributed by atoms with E-state index in [9.17, 15) is 9.59 Å². The maximum absolute atomic E-state index is 11.9. The molecule has 7 heteroatoms. The van der Waals surface area contributed by atoms with E-state index >= 15 is 0 Å². The van der Waals surface area contributed by atoms with Crippen LogP contribution in [0.4, 0.5) is 0 Å². The molecule has 0 aliphatic heterocycles. The van der Waals surface area contributed by atoms with E-state index in [2.05, 4.69) is 5.32 Å². The Morgan fingerprint density at radius 2 is 2.14 bits per heavy atom. The van der Waals surface area contributed by atoms with Crippen LogP contribution < -0.4 is 10.1 Å². The molecular formula is C14H18ClNO5. The predicted molar refractivity (Wildman–Crippen MR) is 77.6 cm³/mol. The van der Waals surface area contributed by atoms with E-state index in [1.165, 1.54) is 7.11 Å². The summed E-state index contributed by atoms with van der Waals surface area (Å²) in [6, 6.07) is 6.72. The van der Waals surface area contributed by atoms with Crippen LogP contribution >= 0.6 is 11.6 Å². The number of methoxy groups -OCH3 is 1. The quantitative estimate of drug-likeness (QED) is 0.763. The number of hydrogen-bond donors (Lipinski definition) is 2. The Labute approximate surface area is 128 Å². The van der Waals surface area contributed by atoms with Gasteiger partial charge in [-0.3, -0.25) is 9.59 Å². The Morgan fingerprint density at radius 1 is 1.43 bits per heavy atom. The lowest BCUT2D eigenvalue weighted by Gasteiger charge is -2.17. The van der Waals surface area contributed by atoms with Crippen molar-refractivity contribution in [3.63, 3.8) is 0 Å². The average Bonchev–Trinajstić information content (AvgIpc) is 2.42. The smallest absolute Gasteiger partial charge is 0.306 e. The van der Waals surface area contributed by atoms with E-state index in [0.717, 1.165) is 0 Å². The molecule has 0 saturated heterocycles. The number of carbonyl (C=O) groups excluding carboxylic acids is 1. The average molecular weight is 316 g/mol. The summed E-state index contributed by atoms with van der Waals surface area (Å²) in [7, 11) is 1.39. The van der Waals surface area contributed by atoms with Crippen molar-refractivity contribution in [2.75, 3.05) is 13.7 Å². The highest BCUT2D eigenvalue weighted by molar-refractivity contribution is 6.30. The fourth-order valence-corrected chi connectivity index (χ4v) is 1.77. The zero-order chi connectivity index (χ0) is 15.8. The summed E-state index contributed by atoms with van der Waals surface area (Å²) in [6.07, 6.45) is -1.49. The highest BCUT2D eigenvalue weighted by Gasteiger charge is 2.18. The van der Waals surface area contributed by atoms with E-state index in [4.69, 9.17) is 26.2 Å². The van der Waals surface area contributed by atoms with Crippen LogP contribution in [0.25, 0.3) is 0 Å². The molecule has 0 aliphatic carbocycles. The van der Waals surface area contributed by atoms with Crippen LogP contribution in [0.3, 0.4) is 0 Å². The van der Waals surface area contributed by atoms with Crippen molar-refractivity contribution in [2.45, 2.75) is 25.6 Å². The van der Waals surface area contributed by atoms with E-state index in [1.54, 1.807) is 31.2 Å². The third-order valence-corrected chi connectivity index (χ3v) is 2.95. The lowest BCUT2D eigenvalue weighted by atomic mass is 10.2. The Balaban J connectivity index is 2.45. The first kappa shape index (κ1) is 17.3. The second-order valence-corrected chi connectivity index (χ2v) is 4.85. The van der Waals surface area contributed by atoms with Crippen LogP contribution in [0.1, 0.15) is 13.3 Å². The molecule has 2 unspecified atom stereocenters. The second kappa shape index (κ2) is 8.49. The van der Waals surface area contributed by atoms with Gasteiger partial charge in [-0.2, -0.15) is 0 Å². The molecule has 0 fully saturated rings. The molecule has 1 aromatic rings. The van der Waals surface area contributed by atoms with Gasteiger partial charge in [0.15, 0.2) is 6.10 Å². The third kappa shape index (κ3) is 6.46. The van der Waals surface area contributed by atoms with E-state index in [0.29, 0.717) is 10.8 Å². The molecule has 21 heavy (non-hydrogen) atoms. The molecule has 0 bridgehead atoms. The van der Waals surface area contributed by atoms with Crippen molar-refractivity contribution in [1.29, 1.82) is 0 Å². The van der Waals surface area contributed by atoms with Crippen LogP contribution in [0, 0.1) is 0 Å². The normalized spacial score (nSPS) is 13.3. The zero-order valence-electron chi connectivity index (χ0n) is 11.8. The first-order valence-electron chi connectivity index (χ1n) is 6.37. The molecule has 1 aromatic carbocycles. The standard InChI is InChI=1S/C14H18ClNO5/c1-9(21-11-5-3-4-10(15)6-11)14(19)16-8-12(20-2)7-13(17)18/h3-6,9,12H,7-8H2,1-2H3,(H,16,19)(H,17,18). The number of rotatable bonds is 8. The minimum atomic E-state index is -0.987. The van der Waals surface area contributed by atoms with Gasteiger partial charge in [0, 0.05) is 18.7 Å². The number of amides is 1. The molecule has 0 saturated carbocycles. The van der Waals surface area contributed by atoms with Gasteiger partial charge in [0.1, 0.15) is 5.75 Å². The first-order chi connectivity index (χ1) is 9.92. The lowest BCUT2D eigenvalue weighted by Crippen LogP contribution is -2.41. The maximum atomic E-state index is 11.9. The molecule has 0 spiro atoms. The number of hydrogen-bond acceptors (Lipinski definition) is 4. The molecule has 2 N–H and O–H groups in total. The summed E-state index contributed by atoms with van der Waals surface area (Å²) in [6.45, 7) is 1.69. The van der Waals surface area contributed by atoms with Gasteiger partial charge in [-0.25, -0.2) is 0 Å². The number of nitrogens with one attached hydrogen (secondary N) is 1. The van der Waals surface area contributed by atoms with Crippen molar-refractivity contribution >= 4 is 23.5 Å². The second-order valence-electron chi connectivity index (χ2n) is 4.42. The van der Waals surface area contributed by atoms with E-state index in [1.807, 2.05) is 0 Å². The molecule has 0 heterocycles. The first-order valence-corrected chi connectivity index (χ1v) is 6.74. The summed E-state index contributed by atoms with van der Waals surface area (Å²) >= 11 is 5.83. The van der Waals surface area contributed by atoms with Gasteiger partial charge in [-0.15, -0.1) is 0 Å². The summed E-state index contributed by atoms with van der Waals surface area (Å²) in [5.41, 5.74) is 0. The van der Waals surface area contributed by atoms with Gasteiger partial charge < -0.3 is 19.9 Å². The highest BCUT2D eigenvalue weighted by Crippen LogP contribution is 2.18. The molecular weight excluding hydrogens is 298 g/mol. The van der Waals surface area contributed by atoms with Gasteiger partial charge in [0.2, 0.25) is 0 Å². The summed E-state index contributed by atoms with van der Waals surface area (Å²) in [4.78, 5) is 22.5. The van der Waals surface area contributed by atoms with Crippen molar-refractivity contribution in [1.82, 2.24) is 5.32 Å². The lowest BCUT2D eigenvalue weighted by molar-refractivity contribution is -0.140. The Morgan fingerprint density at radius 3 is 2.71 bits per heavy atom. The zero-order valence-corrected chi connectivity index (χ0v) is 12.6. The van der Waals surface area contributed by atoms with Crippen molar-refractivity contribution in [2.24, 2.45) is 0 Å². The summed E-state index contributed by atoms with van der Waals surface area (Å²) < 4.78 is 10.4. The topological polar surface area (TPSA) is 84.9 Å². The predicted octanol–water partition coefficient (Wildman–Crippen LogP) is 1.71. The van der Waals surface area contributed by atoms with Crippen molar-refractivity contribution in [3.05, 3.63) is 29.3 Å². The maximum Gasteiger partial charge on any atom is 0.306 e. The van der Waals surface area contributed by atoms with Gasteiger partial charge in [-0.1, -0.05) is 17.7 Å². The fourth-order valence-electron chi connectivity index (χ4n) is 1.59. The summed E-state index contributed by atoms with van der Waals surface area (Å²) in [5.74, 6) is -0.860. The van der Waals surface area contributed by atoms with Gasteiger partial charge in [-0.05, 0) is 25.1 Å². The monoisotopic (exact) mass is 315 g/mol. The van der Waals surface area contributed by atoms with E-state index in [-0.39, 0.29) is 18.9 Å². The van der Waals surface area contributed by atoms with Crippen molar-refractivity contribution in [3.8, 4) is 5.75 Å². The Bertz CT molecular complexity index is 494. The number of halogens is 1.